The summed E-state index contributed by atoms with van der Waals surface area (Å²) in [6.45, 7) is 1.83. The van der Waals surface area contributed by atoms with E-state index >= 15 is 0 Å². The summed E-state index contributed by atoms with van der Waals surface area (Å²) in [6, 6.07) is -0.843. The van der Waals surface area contributed by atoms with E-state index in [-0.39, 0.29) is 6.03 Å². The van der Waals surface area contributed by atoms with Crippen molar-refractivity contribution in [3.05, 3.63) is 0 Å². The largest absolute Gasteiger partial charge is 0.480 e. The Morgan fingerprint density at radius 3 is 2.81 bits per heavy atom. The number of carbonyl (C=O) groups is 2. The zero-order valence-corrected chi connectivity index (χ0v) is 9.77. The molecule has 0 radical (unpaired) electrons. The molecule has 1 saturated heterocycles. The molecule has 0 aromatic carbocycles. The third kappa shape index (κ3) is 2.85. The van der Waals surface area contributed by atoms with Crippen LogP contribution in [0.25, 0.3) is 0 Å². The summed E-state index contributed by atoms with van der Waals surface area (Å²) in [5.74, 6) is -0.909. The minimum Gasteiger partial charge on any atom is -0.480 e. The third-order valence-electron chi connectivity index (χ3n) is 2.81. The van der Waals surface area contributed by atoms with Crippen LogP contribution in [0.1, 0.15) is 12.8 Å². The fraction of sp³-hybridized carbons (Fsp3) is 0.800. The first kappa shape index (κ1) is 12.8. The summed E-state index contributed by atoms with van der Waals surface area (Å²) in [4.78, 5) is 25.9. The molecule has 1 rings (SSSR count). The number of amides is 2. The van der Waals surface area contributed by atoms with Gasteiger partial charge in [-0.25, -0.2) is 9.59 Å². The van der Waals surface area contributed by atoms with Crippen LogP contribution < -0.4 is 5.32 Å². The van der Waals surface area contributed by atoms with Crippen molar-refractivity contribution >= 4 is 12.0 Å². The van der Waals surface area contributed by atoms with E-state index in [1.807, 2.05) is 7.05 Å². The van der Waals surface area contributed by atoms with Crippen molar-refractivity contribution in [1.29, 1.82) is 0 Å². The summed E-state index contributed by atoms with van der Waals surface area (Å²) in [5.41, 5.74) is 0. The first-order chi connectivity index (χ1) is 7.57. The van der Waals surface area contributed by atoms with E-state index in [0.717, 1.165) is 6.42 Å². The van der Waals surface area contributed by atoms with Crippen molar-refractivity contribution in [3.63, 3.8) is 0 Å². The Morgan fingerprint density at radius 2 is 2.25 bits per heavy atom. The molecule has 0 aliphatic carbocycles. The average molecular weight is 229 g/mol. The number of hydrogen-bond acceptors (Lipinski definition) is 3. The van der Waals surface area contributed by atoms with Gasteiger partial charge in [0.05, 0.1) is 0 Å². The summed E-state index contributed by atoms with van der Waals surface area (Å²) in [7, 11) is 3.51. The number of carboxylic acids is 1. The molecule has 92 valence electrons. The van der Waals surface area contributed by atoms with Gasteiger partial charge in [0.2, 0.25) is 0 Å². The summed E-state index contributed by atoms with van der Waals surface area (Å²) in [5, 5.41) is 11.9. The fourth-order valence-electron chi connectivity index (χ4n) is 1.85. The van der Waals surface area contributed by atoms with E-state index in [1.54, 1.807) is 11.9 Å². The second-order valence-corrected chi connectivity index (χ2v) is 4.00. The Labute approximate surface area is 95.2 Å². The van der Waals surface area contributed by atoms with Crippen LogP contribution >= 0.6 is 0 Å². The lowest BCUT2D eigenvalue weighted by molar-refractivity contribution is -0.141. The van der Waals surface area contributed by atoms with E-state index in [0.29, 0.717) is 26.1 Å². The van der Waals surface area contributed by atoms with Gasteiger partial charge < -0.3 is 20.2 Å². The molecule has 0 aromatic heterocycles. The highest BCUT2D eigenvalue weighted by Crippen LogP contribution is 2.18. The second kappa shape index (κ2) is 5.69. The monoisotopic (exact) mass is 229 g/mol. The van der Waals surface area contributed by atoms with E-state index in [1.165, 1.54) is 4.90 Å². The van der Waals surface area contributed by atoms with Gasteiger partial charge in [-0.2, -0.15) is 0 Å². The van der Waals surface area contributed by atoms with Gasteiger partial charge in [-0.3, -0.25) is 0 Å². The van der Waals surface area contributed by atoms with Crippen molar-refractivity contribution in [1.82, 2.24) is 15.1 Å². The van der Waals surface area contributed by atoms with Gasteiger partial charge in [-0.05, 0) is 19.9 Å². The molecule has 6 nitrogen and oxygen atoms in total. The number of carboxylic acid groups (broad SMARTS) is 1. The predicted molar refractivity (Wildman–Crippen MR) is 59.3 cm³/mol. The zero-order chi connectivity index (χ0) is 12.1. The van der Waals surface area contributed by atoms with Gasteiger partial charge in [0.15, 0.2) is 0 Å². The molecule has 6 heteroatoms. The summed E-state index contributed by atoms with van der Waals surface area (Å²) in [6.07, 6.45) is 1.32. The van der Waals surface area contributed by atoms with Crippen LogP contribution in [-0.4, -0.2) is 66.7 Å². The van der Waals surface area contributed by atoms with Gasteiger partial charge >= 0.3 is 12.0 Å². The molecule has 1 heterocycles. The number of likely N-dealkylation sites (N-methyl/N-ethyl adjacent to an activating group) is 2. The van der Waals surface area contributed by atoms with Crippen molar-refractivity contribution in [3.8, 4) is 0 Å². The van der Waals surface area contributed by atoms with E-state index in [2.05, 4.69) is 5.32 Å². The van der Waals surface area contributed by atoms with Crippen molar-refractivity contribution in [2.45, 2.75) is 18.9 Å². The normalized spacial score (nSPS) is 19.9. The van der Waals surface area contributed by atoms with Crippen molar-refractivity contribution in [2.24, 2.45) is 0 Å². The molecule has 1 aliphatic rings. The van der Waals surface area contributed by atoms with Gasteiger partial charge in [-0.15, -0.1) is 0 Å². The number of hydrogen-bond donors (Lipinski definition) is 2. The highest BCUT2D eigenvalue weighted by atomic mass is 16.4. The molecule has 0 unspecified atom stereocenters. The molecule has 1 fully saturated rings. The Balaban J connectivity index is 2.55. The van der Waals surface area contributed by atoms with Crippen LogP contribution in [0.2, 0.25) is 0 Å². The molecule has 1 aliphatic heterocycles. The van der Waals surface area contributed by atoms with Crippen LogP contribution in [0.4, 0.5) is 4.79 Å². The van der Waals surface area contributed by atoms with Crippen molar-refractivity contribution in [2.75, 3.05) is 33.7 Å². The Bertz CT molecular complexity index is 270. The molecular weight excluding hydrogens is 210 g/mol. The number of aliphatic carboxylic acids is 1. The Hall–Kier alpha value is -1.30. The minimum atomic E-state index is -0.909. The molecule has 0 spiro atoms. The number of likely N-dealkylation sites (tertiary alicyclic amines) is 1. The van der Waals surface area contributed by atoms with E-state index in [9.17, 15) is 9.59 Å². The standard InChI is InChI=1S/C10H19N3O3/c1-11-5-7-12(2)10(16)13-6-3-4-8(13)9(14)15/h8,11H,3-7H2,1-2H3,(H,14,15)/t8-/m0/s1. The number of carbonyl (C=O) groups excluding carboxylic acids is 1. The van der Waals surface area contributed by atoms with Crippen LogP contribution in [0, 0.1) is 0 Å². The molecule has 2 N–H and O–H groups in total. The highest BCUT2D eigenvalue weighted by Gasteiger charge is 2.35. The van der Waals surface area contributed by atoms with Gasteiger partial charge in [0.25, 0.3) is 0 Å². The molecule has 1 atom stereocenters. The van der Waals surface area contributed by atoms with Gasteiger partial charge in [-0.1, -0.05) is 0 Å². The molecule has 2 amide bonds. The maximum Gasteiger partial charge on any atom is 0.326 e. The maximum atomic E-state index is 11.9. The average Bonchev–Trinajstić information content (AvgIpc) is 2.73. The van der Waals surface area contributed by atoms with Gasteiger partial charge in [0, 0.05) is 26.7 Å². The highest BCUT2D eigenvalue weighted by molar-refractivity contribution is 5.83. The zero-order valence-electron chi connectivity index (χ0n) is 9.77. The van der Waals surface area contributed by atoms with Crippen LogP contribution in [0.5, 0.6) is 0 Å². The smallest absolute Gasteiger partial charge is 0.326 e. The SMILES string of the molecule is CNCCN(C)C(=O)N1CCC[C@H]1C(=O)O. The molecule has 0 aromatic rings. The third-order valence-corrected chi connectivity index (χ3v) is 2.81. The first-order valence-electron chi connectivity index (χ1n) is 5.47. The van der Waals surface area contributed by atoms with Crippen LogP contribution in [-0.2, 0) is 4.79 Å². The lowest BCUT2D eigenvalue weighted by atomic mass is 10.2. The lowest BCUT2D eigenvalue weighted by Gasteiger charge is -2.27. The van der Waals surface area contributed by atoms with Crippen LogP contribution in [0.15, 0.2) is 0 Å². The molecule has 0 bridgehead atoms. The number of nitrogens with zero attached hydrogens (tertiary/aromatic N) is 2. The Kier molecular flexibility index (Phi) is 4.54. The Morgan fingerprint density at radius 1 is 1.56 bits per heavy atom. The minimum absolute atomic E-state index is 0.194. The summed E-state index contributed by atoms with van der Waals surface area (Å²) >= 11 is 0. The lowest BCUT2D eigenvalue weighted by Crippen LogP contribution is -2.47. The first-order valence-corrected chi connectivity index (χ1v) is 5.47. The summed E-state index contributed by atoms with van der Waals surface area (Å²) < 4.78 is 0. The van der Waals surface area contributed by atoms with Crippen molar-refractivity contribution < 1.29 is 14.7 Å². The molecule has 16 heavy (non-hydrogen) atoms. The quantitative estimate of drug-likeness (QED) is 0.700. The molecule has 0 saturated carbocycles. The fourth-order valence-corrected chi connectivity index (χ4v) is 1.85. The topological polar surface area (TPSA) is 72.9 Å². The number of urea groups is 1. The van der Waals surface area contributed by atoms with Crippen LogP contribution in [0.3, 0.4) is 0 Å². The van der Waals surface area contributed by atoms with Gasteiger partial charge in [0.1, 0.15) is 6.04 Å². The molecular formula is C10H19N3O3. The predicted octanol–water partition coefficient (Wildman–Crippen LogP) is -0.193. The van der Waals surface area contributed by atoms with E-state index < -0.39 is 12.0 Å². The van der Waals surface area contributed by atoms with E-state index in [4.69, 9.17) is 5.11 Å². The number of rotatable bonds is 4. The maximum absolute atomic E-state index is 11.9. The number of nitrogens with one attached hydrogen (secondary N) is 1. The second-order valence-electron chi connectivity index (χ2n) is 4.00.